The Hall–Kier alpha value is -1.40. The van der Waals surface area contributed by atoms with E-state index in [-0.39, 0.29) is 36.8 Å². The molecule has 2 atom stereocenters. The van der Waals surface area contributed by atoms with Gasteiger partial charge in [0.1, 0.15) is 0 Å². The van der Waals surface area contributed by atoms with E-state index < -0.39 is 0 Å². The molecule has 0 unspecified atom stereocenters. The molecule has 1 amide bonds. The Balaban J connectivity index is 0.00000121. The van der Waals surface area contributed by atoms with Crippen LogP contribution in [-0.4, -0.2) is 42.7 Å². The third-order valence-electron chi connectivity index (χ3n) is 4.89. The van der Waals surface area contributed by atoms with Crippen LogP contribution in [0.2, 0.25) is 0 Å². The summed E-state index contributed by atoms with van der Waals surface area (Å²) in [6.45, 7) is 1.70. The zero-order valence-corrected chi connectivity index (χ0v) is 16.2. The Labute approximate surface area is 166 Å². The molecule has 2 fully saturated rings. The summed E-state index contributed by atoms with van der Waals surface area (Å²) in [5, 5.41) is 7.58. The van der Waals surface area contributed by atoms with E-state index in [1.54, 1.807) is 0 Å². The fourth-order valence-electron chi connectivity index (χ4n) is 3.36. The number of nitrogens with one attached hydrogen (secondary N) is 2. The lowest BCUT2D eigenvalue weighted by Gasteiger charge is -2.20. The fourth-order valence-corrected chi connectivity index (χ4v) is 3.36. The van der Waals surface area contributed by atoms with Gasteiger partial charge in [-0.1, -0.05) is 18.2 Å². The van der Waals surface area contributed by atoms with E-state index in [4.69, 9.17) is 4.74 Å². The third-order valence-corrected chi connectivity index (χ3v) is 4.89. The third kappa shape index (κ3) is 5.07. The number of fused-ring (bicyclic) bond motifs is 1. The van der Waals surface area contributed by atoms with Gasteiger partial charge in [-0.25, -0.2) is 0 Å². The summed E-state index contributed by atoms with van der Waals surface area (Å²) >= 11 is 0. The lowest BCUT2D eigenvalue weighted by atomic mass is 9.93. The number of rotatable bonds is 6. The van der Waals surface area contributed by atoms with Crippen molar-refractivity contribution in [3.63, 3.8) is 0 Å². The summed E-state index contributed by atoms with van der Waals surface area (Å²) in [6, 6.07) is 10.9. The molecule has 2 aromatic rings. The number of carbonyl (C=O) groups excluding carboxylic acids is 1. The molecule has 26 heavy (non-hydrogen) atoms. The van der Waals surface area contributed by atoms with Crippen LogP contribution in [0.5, 0.6) is 0 Å². The van der Waals surface area contributed by atoms with Crippen molar-refractivity contribution in [2.75, 3.05) is 19.8 Å². The van der Waals surface area contributed by atoms with Crippen molar-refractivity contribution in [3.05, 3.63) is 42.1 Å². The largest absolute Gasteiger partial charge is 0.379 e. The first-order valence-corrected chi connectivity index (χ1v) is 8.73. The topological polar surface area (TPSA) is 63.2 Å². The van der Waals surface area contributed by atoms with E-state index in [9.17, 15) is 4.79 Å². The van der Waals surface area contributed by atoms with Crippen LogP contribution in [0.4, 0.5) is 0 Å². The lowest BCUT2D eigenvalue weighted by Crippen LogP contribution is -2.44. The van der Waals surface area contributed by atoms with E-state index >= 15 is 0 Å². The number of pyridine rings is 1. The van der Waals surface area contributed by atoms with Gasteiger partial charge in [0.05, 0.1) is 31.3 Å². The van der Waals surface area contributed by atoms with Gasteiger partial charge in [-0.05, 0) is 37.0 Å². The second-order valence-corrected chi connectivity index (χ2v) is 6.82. The second kappa shape index (κ2) is 9.51. The van der Waals surface area contributed by atoms with E-state index in [0.29, 0.717) is 31.7 Å². The highest BCUT2D eigenvalue weighted by molar-refractivity contribution is 5.85. The van der Waals surface area contributed by atoms with Gasteiger partial charge >= 0.3 is 0 Å². The summed E-state index contributed by atoms with van der Waals surface area (Å²) in [5.41, 5.74) is 2.29. The SMILES string of the molecule is Cl.Cl.O=C(CNC1CC1)N[C@@H]1COC[C@H]1Cc1ccnc2ccccc12. The Morgan fingerprint density at radius 3 is 2.77 bits per heavy atom. The summed E-state index contributed by atoms with van der Waals surface area (Å²) in [5.74, 6) is 0.377. The molecule has 0 bridgehead atoms. The smallest absolute Gasteiger partial charge is 0.234 e. The van der Waals surface area contributed by atoms with Crippen molar-refractivity contribution in [2.45, 2.75) is 31.3 Å². The molecule has 1 aromatic carbocycles. The minimum Gasteiger partial charge on any atom is -0.379 e. The van der Waals surface area contributed by atoms with Gasteiger partial charge in [-0.3, -0.25) is 9.78 Å². The first kappa shape index (κ1) is 20.9. The van der Waals surface area contributed by atoms with Gasteiger partial charge in [-0.2, -0.15) is 0 Å². The minimum absolute atomic E-state index is 0. The summed E-state index contributed by atoms with van der Waals surface area (Å²) < 4.78 is 5.64. The Kier molecular flexibility index (Phi) is 7.65. The number of hydrogen-bond donors (Lipinski definition) is 2. The first-order valence-electron chi connectivity index (χ1n) is 8.73. The first-order chi connectivity index (χ1) is 11.8. The molecule has 2 heterocycles. The molecule has 0 radical (unpaired) electrons. The molecule has 4 rings (SSSR count). The molecule has 1 aliphatic heterocycles. The van der Waals surface area contributed by atoms with Crippen molar-refractivity contribution in [2.24, 2.45) is 5.92 Å². The molecule has 5 nitrogen and oxygen atoms in total. The highest BCUT2D eigenvalue weighted by Gasteiger charge is 2.30. The molecule has 2 aliphatic rings. The van der Waals surface area contributed by atoms with Crippen LogP contribution < -0.4 is 10.6 Å². The average Bonchev–Trinajstić information content (AvgIpc) is 3.34. The zero-order chi connectivity index (χ0) is 16.4. The van der Waals surface area contributed by atoms with Crippen molar-refractivity contribution in [1.82, 2.24) is 15.6 Å². The summed E-state index contributed by atoms with van der Waals surface area (Å²) in [7, 11) is 0. The highest BCUT2D eigenvalue weighted by atomic mass is 35.5. The molecular formula is C19H25Cl2N3O2. The zero-order valence-electron chi connectivity index (χ0n) is 14.5. The van der Waals surface area contributed by atoms with Gasteiger partial charge in [-0.15, -0.1) is 24.8 Å². The van der Waals surface area contributed by atoms with Gasteiger partial charge in [0.25, 0.3) is 0 Å². The second-order valence-electron chi connectivity index (χ2n) is 6.82. The molecule has 1 saturated heterocycles. The van der Waals surface area contributed by atoms with Crippen LogP contribution in [0.3, 0.4) is 0 Å². The van der Waals surface area contributed by atoms with E-state index in [1.165, 1.54) is 23.8 Å². The predicted octanol–water partition coefficient (Wildman–Crippen LogP) is 2.50. The molecule has 142 valence electrons. The number of halogens is 2. The predicted molar refractivity (Wildman–Crippen MR) is 107 cm³/mol. The van der Waals surface area contributed by atoms with Gasteiger partial charge in [0, 0.05) is 23.5 Å². The van der Waals surface area contributed by atoms with E-state index in [0.717, 1.165) is 11.9 Å². The van der Waals surface area contributed by atoms with Crippen LogP contribution in [0, 0.1) is 5.92 Å². The van der Waals surface area contributed by atoms with Crippen LogP contribution in [0.15, 0.2) is 36.5 Å². The molecular weight excluding hydrogens is 373 g/mol. The van der Waals surface area contributed by atoms with Crippen LogP contribution in [0.25, 0.3) is 10.9 Å². The normalized spacial score (nSPS) is 21.7. The molecule has 0 spiro atoms. The fraction of sp³-hybridized carbons (Fsp3) is 0.474. The minimum atomic E-state index is 0. The Bertz CT molecular complexity index is 734. The number of carbonyl (C=O) groups is 1. The number of ether oxygens (including phenoxy) is 1. The molecule has 1 aromatic heterocycles. The number of benzene rings is 1. The maximum Gasteiger partial charge on any atom is 0.234 e. The van der Waals surface area contributed by atoms with Crippen LogP contribution in [-0.2, 0) is 16.0 Å². The van der Waals surface area contributed by atoms with Crippen molar-refractivity contribution in [3.8, 4) is 0 Å². The van der Waals surface area contributed by atoms with Crippen molar-refractivity contribution >= 4 is 41.6 Å². The maximum atomic E-state index is 12.1. The number of nitrogens with zero attached hydrogens (tertiary/aromatic N) is 1. The van der Waals surface area contributed by atoms with Gasteiger partial charge in [0.2, 0.25) is 5.91 Å². The number of aromatic nitrogens is 1. The quantitative estimate of drug-likeness (QED) is 0.785. The van der Waals surface area contributed by atoms with Crippen molar-refractivity contribution < 1.29 is 9.53 Å². The summed E-state index contributed by atoms with van der Waals surface area (Å²) in [4.78, 5) is 16.5. The molecule has 1 aliphatic carbocycles. The van der Waals surface area contributed by atoms with Crippen LogP contribution in [0.1, 0.15) is 18.4 Å². The molecule has 2 N–H and O–H groups in total. The maximum absolute atomic E-state index is 12.1. The average molecular weight is 398 g/mol. The van der Waals surface area contributed by atoms with E-state index in [1.807, 2.05) is 24.4 Å². The number of hydrogen-bond acceptors (Lipinski definition) is 4. The van der Waals surface area contributed by atoms with Gasteiger partial charge in [0.15, 0.2) is 0 Å². The Morgan fingerprint density at radius 1 is 1.15 bits per heavy atom. The van der Waals surface area contributed by atoms with Gasteiger partial charge < -0.3 is 15.4 Å². The molecule has 7 heteroatoms. The Morgan fingerprint density at radius 2 is 1.96 bits per heavy atom. The van der Waals surface area contributed by atoms with Crippen LogP contribution >= 0.6 is 24.8 Å². The number of amides is 1. The standard InChI is InChI=1S/C19H23N3O2.2ClH/c23-19(10-21-15-5-6-15)22-18-12-24-11-14(18)9-13-7-8-20-17-4-2-1-3-16(13)17;;/h1-4,7-8,14-15,18,21H,5-6,9-12H2,(H,22,23);2*1H/t14-,18-;;/m1../s1. The van der Waals surface area contributed by atoms with Crippen molar-refractivity contribution in [1.29, 1.82) is 0 Å². The van der Waals surface area contributed by atoms with E-state index in [2.05, 4.69) is 27.8 Å². The highest BCUT2D eigenvalue weighted by Crippen LogP contribution is 2.24. The lowest BCUT2D eigenvalue weighted by molar-refractivity contribution is -0.121. The monoisotopic (exact) mass is 397 g/mol. The number of para-hydroxylation sites is 1. The molecule has 1 saturated carbocycles. The summed E-state index contributed by atoms with van der Waals surface area (Å²) in [6.07, 6.45) is 5.14.